The molecule has 0 aliphatic heterocycles. The number of nitrogens with zero attached hydrogens (tertiary/aromatic N) is 2. The third-order valence-electron chi connectivity index (χ3n) is 2.78. The highest BCUT2D eigenvalue weighted by Crippen LogP contribution is 2.24. The Bertz CT molecular complexity index is 770. The minimum absolute atomic E-state index is 0.646. The molecule has 1 heterocycles. The van der Waals surface area contributed by atoms with Crippen LogP contribution in [0.5, 0.6) is 0 Å². The van der Waals surface area contributed by atoms with E-state index in [1.165, 1.54) is 11.1 Å². The van der Waals surface area contributed by atoms with Crippen LogP contribution in [0.4, 0.5) is 13.2 Å². The van der Waals surface area contributed by atoms with Crippen LogP contribution in [0.25, 0.3) is 11.1 Å². The van der Waals surface area contributed by atoms with Crippen LogP contribution in [0.15, 0.2) is 24.4 Å². The highest BCUT2D eigenvalue weighted by molar-refractivity contribution is 5.84. The van der Waals surface area contributed by atoms with Crippen molar-refractivity contribution in [2.45, 2.75) is 12.6 Å². The summed E-state index contributed by atoms with van der Waals surface area (Å²) in [5.41, 5.74) is 3.23. The van der Waals surface area contributed by atoms with Crippen LogP contribution in [-0.4, -0.2) is 22.2 Å². The molecule has 102 valence electrons. The molecule has 0 aromatic carbocycles. The minimum Gasteiger partial charge on any atom is -0.475 e. The number of hydrogen-bond acceptors (Lipinski definition) is 3. The Morgan fingerprint density at radius 2 is 1.95 bits per heavy atom. The van der Waals surface area contributed by atoms with Crippen molar-refractivity contribution in [3.8, 4) is 6.07 Å². The second-order valence-corrected chi connectivity index (χ2v) is 4.10. The molecular formula is C13H7F3N2O2. The molecule has 2 aliphatic rings. The van der Waals surface area contributed by atoms with E-state index in [0.717, 1.165) is 17.0 Å². The largest absolute Gasteiger partial charge is 0.490 e. The fourth-order valence-corrected chi connectivity index (χ4v) is 1.90. The number of carboxylic acids is 1. The van der Waals surface area contributed by atoms with Gasteiger partial charge in [-0.2, -0.15) is 18.4 Å². The molecule has 1 N–H and O–H groups in total. The Morgan fingerprint density at radius 1 is 1.35 bits per heavy atom. The number of rotatable bonds is 0. The van der Waals surface area contributed by atoms with Gasteiger partial charge in [-0.1, -0.05) is 12.2 Å². The number of carboxylic acid groups (broad SMARTS) is 1. The SMILES string of the molecule is N#Cc1cnc2c(c1)=C1C=CC=2C1.O=C(O)C(F)(F)F. The van der Waals surface area contributed by atoms with Gasteiger partial charge >= 0.3 is 12.1 Å². The molecule has 7 heteroatoms. The Kier molecular flexibility index (Phi) is 3.32. The smallest absolute Gasteiger partial charge is 0.475 e. The first-order valence-corrected chi connectivity index (χ1v) is 5.43. The van der Waals surface area contributed by atoms with E-state index in [9.17, 15) is 13.2 Å². The van der Waals surface area contributed by atoms with E-state index in [-0.39, 0.29) is 0 Å². The lowest BCUT2D eigenvalue weighted by Crippen LogP contribution is -2.28. The van der Waals surface area contributed by atoms with E-state index in [1.54, 1.807) is 6.20 Å². The maximum absolute atomic E-state index is 10.6. The second kappa shape index (κ2) is 4.81. The number of hydrogen-bond donors (Lipinski definition) is 1. The van der Waals surface area contributed by atoms with E-state index in [0.29, 0.717) is 5.56 Å². The lowest BCUT2D eigenvalue weighted by molar-refractivity contribution is -0.192. The van der Waals surface area contributed by atoms with E-state index >= 15 is 0 Å². The summed E-state index contributed by atoms with van der Waals surface area (Å²) in [6.07, 6.45) is 1.77. The van der Waals surface area contributed by atoms with Gasteiger partial charge in [0.1, 0.15) is 6.07 Å². The molecule has 0 atom stereocenters. The van der Waals surface area contributed by atoms with Crippen LogP contribution in [0.1, 0.15) is 12.0 Å². The summed E-state index contributed by atoms with van der Waals surface area (Å²) in [6.45, 7) is 0. The van der Waals surface area contributed by atoms with Gasteiger partial charge in [0.05, 0.1) is 10.9 Å². The maximum atomic E-state index is 10.6. The molecule has 0 saturated heterocycles. The molecule has 1 aromatic rings. The van der Waals surface area contributed by atoms with Crippen LogP contribution in [0.2, 0.25) is 0 Å². The number of alkyl halides is 3. The number of aliphatic carboxylic acids is 1. The summed E-state index contributed by atoms with van der Waals surface area (Å²) in [7, 11) is 0. The van der Waals surface area contributed by atoms with Crippen molar-refractivity contribution < 1.29 is 23.1 Å². The van der Waals surface area contributed by atoms with Crippen molar-refractivity contribution in [2.24, 2.45) is 0 Å². The van der Waals surface area contributed by atoms with Gasteiger partial charge < -0.3 is 5.11 Å². The van der Waals surface area contributed by atoms with Gasteiger partial charge in [0.25, 0.3) is 0 Å². The van der Waals surface area contributed by atoms with Crippen LogP contribution >= 0.6 is 0 Å². The molecule has 2 bridgehead atoms. The Labute approximate surface area is 110 Å². The third-order valence-corrected chi connectivity index (χ3v) is 2.78. The summed E-state index contributed by atoms with van der Waals surface area (Å²) in [5.74, 6) is -2.76. The molecule has 0 spiro atoms. The molecular weight excluding hydrogens is 273 g/mol. The number of fused-ring (bicyclic) bond motifs is 3. The molecule has 0 radical (unpaired) electrons. The summed E-state index contributed by atoms with van der Waals surface area (Å²) < 4.78 is 31.7. The lowest BCUT2D eigenvalue weighted by Gasteiger charge is -1.93. The zero-order chi connectivity index (χ0) is 14.9. The molecule has 0 unspecified atom stereocenters. The van der Waals surface area contributed by atoms with Crippen molar-refractivity contribution >= 4 is 17.1 Å². The number of allylic oxidation sites excluding steroid dienone is 2. The molecule has 3 rings (SSSR count). The predicted octanol–water partition coefficient (Wildman–Crippen LogP) is 0.861. The first-order chi connectivity index (χ1) is 9.32. The van der Waals surface area contributed by atoms with Gasteiger partial charge in [-0.05, 0) is 17.2 Å². The number of nitriles is 1. The average molecular weight is 280 g/mol. The van der Waals surface area contributed by atoms with Crippen molar-refractivity contribution in [1.29, 1.82) is 5.26 Å². The molecule has 20 heavy (non-hydrogen) atoms. The predicted molar refractivity (Wildman–Crippen MR) is 62.5 cm³/mol. The van der Waals surface area contributed by atoms with Crippen LogP contribution in [-0.2, 0) is 4.79 Å². The van der Waals surface area contributed by atoms with Gasteiger partial charge in [-0.25, -0.2) is 4.79 Å². The van der Waals surface area contributed by atoms with Crippen LogP contribution in [0, 0.1) is 11.3 Å². The first-order valence-electron chi connectivity index (χ1n) is 5.43. The van der Waals surface area contributed by atoms with Gasteiger partial charge in [0, 0.05) is 17.8 Å². The first kappa shape index (κ1) is 13.8. The van der Waals surface area contributed by atoms with Crippen molar-refractivity contribution in [1.82, 2.24) is 4.98 Å². The summed E-state index contributed by atoms with van der Waals surface area (Å²) in [4.78, 5) is 13.2. The van der Waals surface area contributed by atoms with Gasteiger partial charge in [-0.15, -0.1) is 0 Å². The van der Waals surface area contributed by atoms with Gasteiger partial charge in [0.15, 0.2) is 0 Å². The topological polar surface area (TPSA) is 74.0 Å². The molecule has 0 saturated carbocycles. The number of halogens is 3. The van der Waals surface area contributed by atoms with Crippen molar-refractivity contribution in [3.63, 3.8) is 0 Å². The molecule has 0 fully saturated rings. The number of aromatic nitrogens is 1. The van der Waals surface area contributed by atoms with Gasteiger partial charge in [0.2, 0.25) is 0 Å². The van der Waals surface area contributed by atoms with Gasteiger partial charge in [-0.3, -0.25) is 4.98 Å². The highest BCUT2D eigenvalue weighted by Gasteiger charge is 2.38. The highest BCUT2D eigenvalue weighted by atomic mass is 19.4. The quantitative estimate of drug-likeness (QED) is 0.765. The number of pyridine rings is 1. The normalized spacial score (nSPS) is 14.5. The second-order valence-electron chi connectivity index (χ2n) is 4.10. The molecule has 2 aliphatic carbocycles. The monoisotopic (exact) mass is 280 g/mol. The molecule has 0 amide bonds. The van der Waals surface area contributed by atoms with E-state index in [2.05, 4.69) is 23.2 Å². The summed E-state index contributed by atoms with van der Waals surface area (Å²) >= 11 is 0. The fraction of sp³-hybridized carbons (Fsp3) is 0.154. The van der Waals surface area contributed by atoms with E-state index < -0.39 is 12.1 Å². The third kappa shape index (κ3) is 2.54. The zero-order valence-electron chi connectivity index (χ0n) is 9.90. The van der Waals surface area contributed by atoms with E-state index in [1.807, 2.05) is 6.07 Å². The summed E-state index contributed by atoms with van der Waals surface area (Å²) in [5, 5.41) is 18.1. The van der Waals surface area contributed by atoms with Crippen molar-refractivity contribution in [2.75, 3.05) is 0 Å². The van der Waals surface area contributed by atoms with Crippen molar-refractivity contribution in [3.05, 3.63) is 40.5 Å². The zero-order valence-corrected chi connectivity index (χ0v) is 9.90. The fourth-order valence-electron chi connectivity index (χ4n) is 1.90. The van der Waals surface area contributed by atoms with Crippen LogP contribution < -0.4 is 10.6 Å². The minimum atomic E-state index is -5.08. The Balaban J connectivity index is 0.000000182. The Hall–Kier alpha value is -2.62. The Morgan fingerprint density at radius 3 is 2.50 bits per heavy atom. The van der Waals surface area contributed by atoms with E-state index in [4.69, 9.17) is 15.2 Å². The average Bonchev–Trinajstić information content (AvgIpc) is 2.99. The molecule has 1 aromatic heterocycles. The summed E-state index contributed by atoms with van der Waals surface area (Å²) in [6, 6.07) is 4.03. The standard InChI is InChI=1S/C11H6N2.C2HF3O2/c12-5-7-3-10-8-1-2-9(4-8)11(10)13-6-7;3-2(4,5)1(6)7/h1-3,6H,4H2;(H,6,7). The van der Waals surface area contributed by atoms with Crippen LogP contribution in [0.3, 0.4) is 0 Å². The number of carbonyl (C=O) groups is 1. The molecule has 4 nitrogen and oxygen atoms in total. The lowest BCUT2D eigenvalue weighted by atomic mass is 10.2. The maximum Gasteiger partial charge on any atom is 0.490 e.